The van der Waals surface area contributed by atoms with Crippen molar-refractivity contribution in [1.82, 2.24) is 4.90 Å². The number of hydrogen-bond acceptors (Lipinski definition) is 3. The summed E-state index contributed by atoms with van der Waals surface area (Å²) in [7, 11) is 1.62. The molecule has 1 aliphatic heterocycles. The second kappa shape index (κ2) is 8.19. The number of carbonyl (C=O) groups is 1. The summed E-state index contributed by atoms with van der Waals surface area (Å²) in [4.78, 5) is 14.3. The van der Waals surface area contributed by atoms with Crippen LogP contribution in [0, 0.1) is 0 Å². The van der Waals surface area contributed by atoms with Crippen LogP contribution in [0.5, 0.6) is 0 Å². The van der Waals surface area contributed by atoms with Crippen LogP contribution in [0.2, 0.25) is 10.0 Å². The van der Waals surface area contributed by atoms with Gasteiger partial charge in [0, 0.05) is 23.7 Å². The molecule has 1 fully saturated rings. The van der Waals surface area contributed by atoms with E-state index in [2.05, 4.69) is 0 Å². The highest BCUT2D eigenvalue weighted by molar-refractivity contribution is 6.30. The van der Waals surface area contributed by atoms with Crippen LogP contribution in [0.4, 0.5) is 0 Å². The Bertz CT molecular complexity index is 736. The second-order valence-corrected chi connectivity index (χ2v) is 6.74. The summed E-state index contributed by atoms with van der Waals surface area (Å²) in [5, 5.41) is 1.28. The molecular weight excluding hydrogens is 361 g/mol. The zero-order chi connectivity index (χ0) is 17.8. The summed E-state index contributed by atoms with van der Waals surface area (Å²) in [6.07, 6.45) is -0.311. The Morgan fingerprint density at radius 2 is 1.88 bits per heavy atom. The monoisotopic (exact) mass is 379 g/mol. The van der Waals surface area contributed by atoms with Crippen LogP contribution in [0.15, 0.2) is 48.5 Å². The van der Waals surface area contributed by atoms with Crippen LogP contribution in [-0.2, 0) is 14.3 Å². The van der Waals surface area contributed by atoms with E-state index in [0.29, 0.717) is 23.2 Å². The first-order valence-electron chi connectivity index (χ1n) is 8.01. The van der Waals surface area contributed by atoms with E-state index in [0.717, 1.165) is 11.1 Å². The maximum Gasteiger partial charge on any atom is 0.249 e. The smallest absolute Gasteiger partial charge is 0.249 e. The van der Waals surface area contributed by atoms with Crippen molar-refractivity contribution in [3.63, 3.8) is 0 Å². The van der Waals surface area contributed by atoms with Crippen LogP contribution < -0.4 is 0 Å². The van der Waals surface area contributed by atoms with Gasteiger partial charge in [0.1, 0.15) is 12.7 Å². The highest BCUT2D eigenvalue weighted by Gasteiger charge is 2.38. The van der Waals surface area contributed by atoms with Gasteiger partial charge >= 0.3 is 0 Å². The summed E-state index contributed by atoms with van der Waals surface area (Å²) < 4.78 is 11.1. The highest BCUT2D eigenvalue weighted by Crippen LogP contribution is 2.40. The molecule has 1 aliphatic rings. The molecule has 0 N–H and O–H groups in total. The summed E-state index contributed by atoms with van der Waals surface area (Å²) in [6, 6.07) is 14.8. The lowest BCUT2D eigenvalue weighted by Crippen LogP contribution is -2.47. The molecule has 0 bridgehead atoms. The molecule has 0 aromatic heterocycles. The number of carbonyl (C=O) groups excluding carboxylic acids is 1. The molecule has 132 valence electrons. The van der Waals surface area contributed by atoms with Gasteiger partial charge in [0.05, 0.1) is 12.6 Å². The predicted molar refractivity (Wildman–Crippen MR) is 97.9 cm³/mol. The van der Waals surface area contributed by atoms with Crippen molar-refractivity contribution in [2.24, 2.45) is 0 Å². The molecule has 25 heavy (non-hydrogen) atoms. The lowest BCUT2D eigenvalue weighted by molar-refractivity contribution is -0.159. The van der Waals surface area contributed by atoms with Crippen molar-refractivity contribution in [3.8, 4) is 0 Å². The largest absolute Gasteiger partial charge is 0.383 e. The second-order valence-electron chi connectivity index (χ2n) is 5.86. The Labute approximate surface area is 157 Å². The molecular formula is C19H19Cl2NO3. The first-order chi connectivity index (χ1) is 12.1. The van der Waals surface area contributed by atoms with Crippen LogP contribution in [0.3, 0.4) is 0 Å². The quantitative estimate of drug-likeness (QED) is 0.777. The van der Waals surface area contributed by atoms with Gasteiger partial charge in [-0.25, -0.2) is 0 Å². The van der Waals surface area contributed by atoms with Gasteiger partial charge in [-0.3, -0.25) is 4.79 Å². The molecule has 0 unspecified atom stereocenters. The molecule has 2 aromatic rings. The summed E-state index contributed by atoms with van der Waals surface area (Å²) in [5.41, 5.74) is 1.89. The Morgan fingerprint density at radius 1 is 1.12 bits per heavy atom. The van der Waals surface area contributed by atoms with E-state index in [4.69, 9.17) is 32.7 Å². The van der Waals surface area contributed by atoms with E-state index in [1.54, 1.807) is 7.11 Å². The fourth-order valence-corrected chi connectivity index (χ4v) is 3.41. The van der Waals surface area contributed by atoms with E-state index in [-0.39, 0.29) is 24.7 Å². The molecule has 3 rings (SSSR count). The Hall–Kier alpha value is -1.59. The van der Waals surface area contributed by atoms with Gasteiger partial charge in [0.15, 0.2) is 0 Å². The minimum absolute atomic E-state index is 0.0327. The number of rotatable bonds is 5. The van der Waals surface area contributed by atoms with Gasteiger partial charge in [0.2, 0.25) is 5.91 Å². The number of benzene rings is 2. The lowest BCUT2D eigenvalue weighted by atomic mass is 9.92. The molecule has 0 radical (unpaired) electrons. The van der Waals surface area contributed by atoms with E-state index in [1.807, 2.05) is 53.4 Å². The number of hydrogen-bond donors (Lipinski definition) is 0. The SMILES string of the molecule is COCCN1C(=O)CO[C@H](c2cccc(Cl)c2)[C@@H]1c1ccc(Cl)cc1. The number of amides is 1. The van der Waals surface area contributed by atoms with E-state index >= 15 is 0 Å². The molecule has 6 heteroatoms. The number of ether oxygens (including phenoxy) is 2. The van der Waals surface area contributed by atoms with Crippen molar-refractivity contribution in [3.05, 3.63) is 69.7 Å². The zero-order valence-corrected chi connectivity index (χ0v) is 15.3. The lowest BCUT2D eigenvalue weighted by Gasteiger charge is -2.41. The van der Waals surface area contributed by atoms with E-state index in [9.17, 15) is 4.79 Å². The highest BCUT2D eigenvalue weighted by atomic mass is 35.5. The normalized spacial score (nSPS) is 20.8. The maximum atomic E-state index is 12.5. The van der Waals surface area contributed by atoms with E-state index in [1.165, 1.54) is 0 Å². The van der Waals surface area contributed by atoms with Crippen molar-refractivity contribution in [2.75, 3.05) is 26.9 Å². The third-order valence-electron chi connectivity index (χ3n) is 4.25. The van der Waals surface area contributed by atoms with Gasteiger partial charge in [-0.15, -0.1) is 0 Å². The summed E-state index contributed by atoms with van der Waals surface area (Å²) in [5.74, 6) is -0.0599. The topological polar surface area (TPSA) is 38.8 Å². The third kappa shape index (κ3) is 4.15. The van der Waals surface area contributed by atoms with Gasteiger partial charge in [0.25, 0.3) is 0 Å². The zero-order valence-electron chi connectivity index (χ0n) is 13.8. The van der Waals surface area contributed by atoms with Gasteiger partial charge in [-0.05, 0) is 35.4 Å². The summed E-state index contributed by atoms with van der Waals surface area (Å²) in [6.45, 7) is 0.978. The average Bonchev–Trinajstić information content (AvgIpc) is 2.61. The first kappa shape index (κ1) is 18.2. The number of morpholine rings is 1. The van der Waals surface area contributed by atoms with E-state index < -0.39 is 0 Å². The molecule has 1 heterocycles. The van der Waals surface area contributed by atoms with Crippen LogP contribution in [-0.4, -0.2) is 37.7 Å². The molecule has 2 atom stereocenters. The summed E-state index contributed by atoms with van der Waals surface area (Å²) >= 11 is 12.2. The van der Waals surface area contributed by atoms with Crippen LogP contribution >= 0.6 is 23.2 Å². The Kier molecular flexibility index (Phi) is 5.97. The minimum atomic E-state index is -0.311. The van der Waals surface area contributed by atoms with Crippen LogP contribution in [0.1, 0.15) is 23.3 Å². The van der Waals surface area contributed by atoms with Crippen molar-refractivity contribution in [2.45, 2.75) is 12.1 Å². The number of halogens is 2. The number of methoxy groups -OCH3 is 1. The van der Waals surface area contributed by atoms with Gasteiger partial charge in [-0.1, -0.05) is 47.5 Å². The fraction of sp³-hybridized carbons (Fsp3) is 0.316. The molecule has 2 aromatic carbocycles. The minimum Gasteiger partial charge on any atom is -0.383 e. The van der Waals surface area contributed by atoms with Crippen molar-refractivity contribution in [1.29, 1.82) is 0 Å². The van der Waals surface area contributed by atoms with Gasteiger partial charge < -0.3 is 14.4 Å². The molecule has 1 amide bonds. The first-order valence-corrected chi connectivity index (χ1v) is 8.76. The molecule has 4 nitrogen and oxygen atoms in total. The predicted octanol–water partition coefficient (Wildman–Crippen LogP) is 4.28. The standard InChI is InChI=1S/C19H19Cl2NO3/c1-24-10-9-22-17(23)12-25-19(14-3-2-4-16(21)11-14)18(22)13-5-7-15(20)8-6-13/h2-8,11,18-19H,9-10,12H2,1H3/t18-,19+/m0/s1. The molecule has 1 saturated heterocycles. The third-order valence-corrected chi connectivity index (χ3v) is 4.74. The average molecular weight is 380 g/mol. The van der Waals surface area contributed by atoms with Gasteiger partial charge in [-0.2, -0.15) is 0 Å². The fourth-order valence-electron chi connectivity index (χ4n) is 3.08. The van der Waals surface area contributed by atoms with Crippen LogP contribution in [0.25, 0.3) is 0 Å². The molecule has 0 aliphatic carbocycles. The Morgan fingerprint density at radius 3 is 2.56 bits per heavy atom. The maximum absolute atomic E-state index is 12.5. The Balaban J connectivity index is 2.02. The molecule has 0 saturated carbocycles. The number of nitrogens with zero attached hydrogens (tertiary/aromatic N) is 1. The molecule has 0 spiro atoms. The van der Waals surface area contributed by atoms with Crippen molar-refractivity contribution < 1.29 is 14.3 Å². The van der Waals surface area contributed by atoms with Crippen molar-refractivity contribution >= 4 is 29.1 Å².